The summed E-state index contributed by atoms with van der Waals surface area (Å²) in [5, 5.41) is 12.8. The van der Waals surface area contributed by atoms with E-state index >= 15 is 0 Å². The summed E-state index contributed by atoms with van der Waals surface area (Å²) < 4.78 is 12.1. The number of aryl methyl sites for hydroxylation is 1. The Labute approximate surface area is 201 Å². The highest BCUT2D eigenvalue weighted by atomic mass is 79.9. The Bertz CT molecular complexity index is 1100. The number of benzene rings is 1. The lowest BCUT2D eigenvalue weighted by atomic mass is 9.95. The molecule has 0 aliphatic heterocycles. The number of hydrogen-bond acceptors (Lipinski definition) is 6. The zero-order chi connectivity index (χ0) is 22.5. The maximum atomic E-state index is 13.0. The van der Waals surface area contributed by atoms with Crippen LogP contribution in [0.15, 0.2) is 26.7 Å². The highest BCUT2D eigenvalue weighted by molar-refractivity contribution is 9.11. The van der Waals surface area contributed by atoms with Crippen molar-refractivity contribution in [1.82, 2.24) is 0 Å². The smallest absolute Gasteiger partial charge is 0.341 e. The Hall–Kier alpha value is -2.15. The number of nitrogens with one attached hydrogen (secondary N) is 1. The molecule has 9 heteroatoms. The highest BCUT2D eigenvalue weighted by Gasteiger charge is 2.28. The SMILES string of the molecule is CCOC(=O)c1c(NC(=O)/C(C#N)=C/c2cc(Br)cc(Br)c2OC)sc2c1CCCC2. The van der Waals surface area contributed by atoms with Crippen LogP contribution in [0.1, 0.15) is 46.1 Å². The molecule has 0 bridgehead atoms. The van der Waals surface area contributed by atoms with E-state index in [0.717, 1.165) is 40.6 Å². The molecule has 1 aromatic heterocycles. The molecule has 0 unspecified atom stereocenters. The third-order valence-corrected chi connectivity index (χ3v) is 7.04. The summed E-state index contributed by atoms with van der Waals surface area (Å²) >= 11 is 8.20. The van der Waals surface area contributed by atoms with E-state index < -0.39 is 11.9 Å². The molecule has 162 valence electrons. The van der Waals surface area contributed by atoms with Gasteiger partial charge < -0.3 is 14.8 Å². The van der Waals surface area contributed by atoms with E-state index in [1.165, 1.54) is 24.5 Å². The van der Waals surface area contributed by atoms with Crippen molar-refractivity contribution in [3.63, 3.8) is 0 Å². The van der Waals surface area contributed by atoms with Crippen molar-refractivity contribution >= 4 is 66.2 Å². The Morgan fingerprint density at radius 1 is 1.29 bits per heavy atom. The van der Waals surface area contributed by atoms with E-state index in [9.17, 15) is 14.9 Å². The van der Waals surface area contributed by atoms with E-state index in [4.69, 9.17) is 9.47 Å². The van der Waals surface area contributed by atoms with Gasteiger partial charge in [0.15, 0.2) is 0 Å². The molecule has 1 aromatic carbocycles. The zero-order valence-electron chi connectivity index (χ0n) is 17.0. The molecule has 1 aliphatic rings. The quantitative estimate of drug-likeness (QED) is 0.267. The molecule has 0 spiro atoms. The zero-order valence-corrected chi connectivity index (χ0v) is 21.0. The van der Waals surface area contributed by atoms with Gasteiger partial charge in [-0.15, -0.1) is 11.3 Å². The first kappa shape index (κ1) is 23.5. The van der Waals surface area contributed by atoms with Crippen molar-refractivity contribution in [2.75, 3.05) is 19.0 Å². The molecule has 1 heterocycles. The van der Waals surface area contributed by atoms with Crippen LogP contribution in [0.4, 0.5) is 5.00 Å². The number of thiophene rings is 1. The Morgan fingerprint density at radius 2 is 2.03 bits per heavy atom. The van der Waals surface area contributed by atoms with Crippen molar-refractivity contribution in [3.05, 3.63) is 48.2 Å². The van der Waals surface area contributed by atoms with Gasteiger partial charge in [0.05, 0.1) is 23.8 Å². The minimum atomic E-state index is -0.593. The number of halogens is 2. The molecule has 31 heavy (non-hydrogen) atoms. The molecule has 0 atom stereocenters. The standard InChI is InChI=1S/C22H20Br2N2O4S/c1-3-30-22(28)18-15-6-4-5-7-17(15)31-21(18)26-20(27)13(11-25)8-12-9-14(23)10-16(24)19(12)29-2/h8-10H,3-7H2,1-2H3,(H,26,27)/b13-8+. The second kappa shape index (κ2) is 10.4. The van der Waals surface area contributed by atoms with Gasteiger partial charge >= 0.3 is 5.97 Å². The van der Waals surface area contributed by atoms with Gasteiger partial charge in [-0.1, -0.05) is 15.9 Å². The number of fused-ring (bicyclic) bond motifs is 1. The number of carbonyl (C=O) groups is 2. The second-order valence-corrected chi connectivity index (χ2v) is 9.64. The number of anilines is 1. The summed E-state index contributed by atoms with van der Waals surface area (Å²) in [5.41, 5.74) is 1.82. The first-order valence-electron chi connectivity index (χ1n) is 9.67. The maximum Gasteiger partial charge on any atom is 0.341 e. The number of rotatable bonds is 6. The fourth-order valence-corrected chi connectivity index (χ4v) is 6.14. The number of carbonyl (C=O) groups excluding carboxylic acids is 2. The number of ether oxygens (including phenoxy) is 2. The van der Waals surface area contributed by atoms with Crippen molar-refractivity contribution in [3.8, 4) is 11.8 Å². The van der Waals surface area contributed by atoms with Crippen LogP contribution in [-0.2, 0) is 22.4 Å². The largest absolute Gasteiger partial charge is 0.495 e. The van der Waals surface area contributed by atoms with Crippen LogP contribution in [0, 0.1) is 11.3 Å². The van der Waals surface area contributed by atoms with Gasteiger partial charge in [-0.05, 0) is 72.3 Å². The van der Waals surface area contributed by atoms with Crippen molar-refractivity contribution in [2.24, 2.45) is 0 Å². The maximum absolute atomic E-state index is 13.0. The minimum absolute atomic E-state index is 0.107. The van der Waals surface area contributed by atoms with Crippen molar-refractivity contribution in [1.29, 1.82) is 5.26 Å². The second-order valence-electron chi connectivity index (χ2n) is 6.77. The summed E-state index contributed by atoms with van der Waals surface area (Å²) in [6.07, 6.45) is 5.14. The number of amides is 1. The molecule has 0 saturated carbocycles. The van der Waals surface area contributed by atoms with Crippen LogP contribution in [0.3, 0.4) is 0 Å². The third-order valence-electron chi connectivity index (χ3n) is 4.78. The van der Waals surface area contributed by atoms with Gasteiger partial charge in [0.1, 0.15) is 22.4 Å². The van der Waals surface area contributed by atoms with Crippen LogP contribution < -0.4 is 10.1 Å². The number of nitriles is 1. The number of hydrogen-bond donors (Lipinski definition) is 1. The van der Waals surface area contributed by atoms with Gasteiger partial charge in [-0.2, -0.15) is 5.26 Å². The van der Waals surface area contributed by atoms with Gasteiger partial charge in [0.2, 0.25) is 0 Å². The highest BCUT2D eigenvalue weighted by Crippen LogP contribution is 2.39. The lowest BCUT2D eigenvalue weighted by Crippen LogP contribution is -2.16. The van der Waals surface area contributed by atoms with Crippen LogP contribution in [0.5, 0.6) is 5.75 Å². The van der Waals surface area contributed by atoms with Crippen LogP contribution >= 0.6 is 43.2 Å². The fourth-order valence-electron chi connectivity index (χ4n) is 3.45. The van der Waals surface area contributed by atoms with Crippen LogP contribution in [-0.4, -0.2) is 25.6 Å². The van der Waals surface area contributed by atoms with E-state index in [2.05, 4.69) is 37.2 Å². The molecule has 3 rings (SSSR count). The first-order chi connectivity index (χ1) is 14.9. The molecule has 1 aliphatic carbocycles. The summed E-state index contributed by atoms with van der Waals surface area (Å²) in [6, 6.07) is 5.51. The van der Waals surface area contributed by atoms with Crippen LogP contribution in [0.25, 0.3) is 6.08 Å². The summed E-state index contributed by atoms with van der Waals surface area (Å²) in [4.78, 5) is 26.6. The number of esters is 1. The molecule has 1 N–H and O–H groups in total. The van der Waals surface area contributed by atoms with E-state index in [-0.39, 0.29) is 12.2 Å². The lowest BCUT2D eigenvalue weighted by Gasteiger charge is -2.12. The normalized spacial score (nSPS) is 13.2. The minimum Gasteiger partial charge on any atom is -0.495 e. The average molecular weight is 568 g/mol. The number of methoxy groups -OCH3 is 1. The molecule has 0 radical (unpaired) electrons. The topological polar surface area (TPSA) is 88.4 Å². The summed E-state index contributed by atoms with van der Waals surface area (Å²) in [5.74, 6) is -0.537. The predicted molar refractivity (Wildman–Crippen MR) is 128 cm³/mol. The summed E-state index contributed by atoms with van der Waals surface area (Å²) in [7, 11) is 1.51. The van der Waals surface area contributed by atoms with E-state index in [1.54, 1.807) is 13.0 Å². The third kappa shape index (κ3) is 5.20. The Kier molecular flexibility index (Phi) is 7.92. The molecule has 6 nitrogen and oxygen atoms in total. The van der Waals surface area contributed by atoms with Crippen LogP contribution in [0.2, 0.25) is 0 Å². The molecule has 0 saturated heterocycles. The lowest BCUT2D eigenvalue weighted by molar-refractivity contribution is -0.112. The predicted octanol–water partition coefficient (Wildman–Crippen LogP) is 5.88. The van der Waals surface area contributed by atoms with Gasteiger partial charge in [0.25, 0.3) is 5.91 Å². The van der Waals surface area contributed by atoms with Gasteiger partial charge in [-0.3, -0.25) is 4.79 Å². The fraction of sp³-hybridized carbons (Fsp3) is 0.318. The Balaban J connectivity index is 1.97. The first-order valence-corrected chi connectivity index (χ1v) is 12.1. The molecule has 0 fully saturated rings. The van der Waals surface area contributed by atoms with Gasteiger partial charge in [-0.25, -0.2) is 4.79 Å². The van der Waals surface area contributed by atoms with Crippen molar-refractivity contribution in [2.45, 2.75) is 32.6 Å². The Morgan fingerprint density at radius 3 is 2.71 bits per heavy atom. The molecule has 2 aromatic rings. The number of nitrogens with zero attached hydrogens (tertiary/aromatic N) is 1. The molecular weight excluding hydrogens is 548 g/mol. The van der Waals surface area contributed by atoms with E-state index in [1.807, 2.05) is 12.1 Å². The molecule has 1 amide bonds. The summed E-state index contributed by atoms with van der Waals surface area (Å²) in [6.45, 7) is 1.99. The van der Waals surface area contributed by atoms with Crippen molar-refractivity contribution < 1.29 is 19.1 Å². The average Bonchev–Trinajstić information content (AvgIpc) is 3.09. The van der Waals surface area contributed by atoms with Gasteiger partial charge in [0, 0.05) is 14.9 Å². The van der Waals surface area contributed by atoms with E-state index in [0.29, 0.717) is 26.4 Å². The monoisotopic (exact) mass is 566 g/mol. The molecular formula is C22H20Br2N2O4S.